The summed E-state index contributed by atoms with van der Waals surface area (Å²) in [6.07, 6.45) is -0.859. The van der Waals surface area contributed by atoms with Crippen LogP contribution in [-0.2, 0) is 4.74 Å². The number of amides is 1. The van der Waals surface area contributed by atoms with E-state index in [1.165, 1.54) is 4.88 Å². The van der Waals surface area contributed by atoms with Gasteiger partial charge in [0.1, 0.15) is 5.60 Å². The molecule has 0 aliphatic carbocycles. The lowest BCUT2D eigenvalue weighted by Gasteiger charge is -2.24. The molecule has 2 rings (SSSR count). The smallest absolute Gasteiger partial charge is 0.410 e. The van der Waals surface area contributed by atoms with Crippen molar-refractivity contribution in [2.75, 3.05) is 13.1 Å². The first-order valence-electron chi connectivity index (χ1n) is 6.48. The second-order valence-electron chi connectivity index (χ2n) is 5.99. The van der Waals surface area contributed by atoms with Crippen LogP contribution in [0.15, 0.2) is 11.4 Å². The fraction of sp³-hybridized carbons (Fsp3) is 0.643. The number of rotatable bonds is 1. The average Bonchev–Trinajstić information content (AvgIpc) is 2.82. The van der Waals surface area contributed by atoms with E-state index in [0.717, 1.165) is 5.56 Å². The fourth-order valence-corrected chi connectivity index (χ4v) is 3.12. The van der Waals surface area contributed by atoms with Crippen molar-refractivity contribution in [1.82, 2.24) is 4.90 Å². The molecule has 0 saturated carbocycles. The summed E-state index contributed by atoms with van der Waals surface area (Å²) in [6.45, 7) is 8.44. The van der Waals surface area contributed by atoms with E-state index in [4.69, 9.17) is 4.74 Å². The van der Waals surface area contributed by atoms with Crippen LogP contribution in [0.3, 0.4) is 0 Å². The minimum Gasteiger partial charge on any atom is -0.444 e. The highest BCUT2D eigenvalue weighted by atomic mass is 32.1. The number of likely N-dealkylation sites (tertiary alicyclic amines) is 1. The van der Waals surface area contributed by atoms with E-state index < -0.39 is 11.7 Å². The Kier molecular flexibility index (Phi) is 3.87. The molecule has 1 N–H and O–H groups in total. The number of ether oxygens (including phenoxy) is 1. The van der Waals surface area contributed by atoms with Crippen molar-refractivity contribution < 1.29 is 14.6 Å². The second-order valence-corrected chi connectivity index (χ2v) is 7.11. The van der Waals surface area contributed by atoms with Gasteiger partial charge in [-0.1, -0.05) is 0 Å². The third-order valence-electron chi connectivity index (χ3n) is 3.24. The molecule has 19 heavy (non-hydrogen) atoms. The number of aliphatic hydroxyl groups is 1. The minimum absolute atomic E-state index is 0.00114. The van der Waals surface area contributed by atoms with Gasteiger partial charge in [-0.05, 0) is 44.7 Å². The Morgan fingerprint density at radius 1 is 1.47 bits per heavy atom. The molecular formula is C14H21NO3S. The molecule has 2 unspecified atom stereocenters. The normalized spacial score (nSPS) is 23.7. The lowest BCUT2D eigenvalue weighted by Crippen LogP contribution is -2.35. The summed E-state index contributed by atoms with van der Waals surface area (Å²) < 4.78 is 5.34. The van der Waals surface area contributed by atoms with Crippen molar-refractivity contribution in [2.24, 2.45) is 0 Å². The Hall–Kier alpha value is -1.07. The van der Waals surface area contributed by atoms with Crippen molar-refractivity contribution in [2.45, 2.75) is 45.3 Å². The van der Waals surface area contributed by atoms with E-state index in [0.29, 0.717) is 13.1 Å². The number of hydrogen-bond donors (Lipinski definition) is 1. The molecule has 1 aliphatic heterocycles. The van der Waals surface area contributed by atoms with Crippen LogP contribution in [0.4, 0.5) is 4.79 Å². The summed E-state index contributed by atoms with van der Waals surface area (Å²) in [4.78, 5) is 14.8. The molecule has 106 valence electrons. The molecule has 1 aromatic heterocycles. The van der Waals surface area contributed by atoms with Crippen LogP contribution in [0.1, 0.15) is 37.1 Å². The molecule has 0 bridgehead atoms. The van der Waals surface area contributed by atoms with Gasteiger partial charge in [-0.3, -0.25) is 0 Å². The molecule has 0 radical (unpaired) electrons. The third-order valence-corrected chi connectivity index (χ3v) is 4.10. The molecule has 1 saturated heterocycles. The van der Waals surface area contributed by atoms with Crippen molar-refractivity contribution in [3.8, 4) is 0 Å². The summed E-state index contributed by atoms with van der Waals surface area (Å²) >= 11 is 1.67. The van der Waals surface area contributed by atoms with Crippen LogP contribution in [-0.4, -0.2) is 40.9 Å². The number of carbonyl (C=O) groups is 1. The van der Waals surface area contributed by atoms with E-state index in [1.54, 1.807) is 16.2 Å². The number of aliphatic hydroxyl groups excluding tert-OH is 1. The van der Waals surface area contributed by atoms with Gasteiger partial charge in [-0.25, -0.2) is 4.79 Å². The van der Waals surface area contributed by atoms with Gasteiger partial charge in [0.25, 0.3) is 0 Å². The molecule has 0 spiro atoms. The number of aryl methyl sites for hydroxylation is 1. The highest BCUT2D eigenvalue weighted by Crippen LogP contribution is 2.32. The largest absolute Gasteiger partial charge is 0.444 e. The zero-order chi connectivity index (χ0) is 14.2. The van der Waals surface area contributed by atoms with Gasteiger partial charge in [0.2, 0.25) is 0 Å². The maximum Gasteiger partial charge on any atom is 0.410 e. The van der Waals surface area contributed by atoms with Crippen molar-refractivity contribution in [3.63, 3.8) is 0 Å². The first kappa shape index (κ1) is 14.3. The summed E-state index contributed by atoms with van der Waals surface area (Å²) in [5.41, 5.74) is 0.641. The van der Waals surface area contributed by atoms with Crippen LogP contribution in [0.5, 0.6) is 0 Å². The maximum absolute atomic E-state index is 12.0. The van der Waals surface area contributed by atoms with E-state index >= 15 is 0 Å². The molecule has 5 heteroatoms. The molecular weight excluding hydrogens is 262 g/mol. The van der Waals surface area contributed by atoms with E-state index in [1.807, 2.05) is 39.1 Å². The summed E-state index contributed by atoms with van der Waals surface area (Å²) in [5.74, 6) is -0.00114. The molecule has 1 aromatic rings. The van der Waals surface area contributed by atoms with Crippen LogP contribution in [0.2, 0.25) is 0 Å². The predicted octanol–water partition coefficient (Wildman–Crippen LogP) is 2.75. The molecule has 2 heterocycles. The topological polar surface area (TPSA) is 49.8 Å². The van der Waals surface area contributed by atoms with Crippen LogP contribution >= 0.6 is 11.3 Å². The van der Waals surface area contributed by atoms with Gasteiger partial charge in [0.05, 0.1) is 12.6 Å². The standard InChI is InChI=1S/C14H21NO3S/c1-9-10(5-6-19-9)11-7-15(8-12(11)16)13(17)18-14(2,3)4/h5-6,11-12,16H,7-8H2,1-4H3. The lowest BCUT2D eigenvalue weighted by molar-refractivity contribution is 0.0270. The molecule has 4 nitrogen and oxygen atoms in total. The van der Waals surface area contributed by atoms with Crippen LogP contribution in [0, 0.1) is 6.92 Å². The van der Waals surface area contributed by atoms with Crippen LogP contribution in [0.25, 0.3) is 0 Å². The molecule has 1 amide bonds. The zero-order valence-electron chi connectivity index (χ0n) is 11.8. The Balaban J connectivity index is 2.06. The van der Waals surface area contributed by atoms with Gasteiger partial charge < -0.3 is 14.7 Å². The highest BCUT2D eigenvalue weighted by molar-refractivity contribution is 7.10. The predicted molar refractivity (Wildman–Crippen MR) is 75.6 cm³/mol. The van der Waals surface area contributed by atoms with E-state index in [2.05, 4.69) is 0 Å². The molecule has 1 fully saturated rings. The number of nitrogens with zero attached hydrogens (tertiary/aromatic N) is 1. The first-order chi connectivity index (χ1) is 8.78. The Morgan fingerprint density at radius 2 is 2.16 bits per heavy atom. The quantitative estimate of drug-likeness (QED) is 0.862. The van der Waals surface area contributed by atoms with Gasteiger partial charge in [0, 0.05) is 17.3 Å². The van der Waals surface area contributed by atoms with Crippen molar-refractivity contribution >= 4 is 17.4 Å². The van der Waals surface area contributed by atoms with Crippen molar-refractivity contribution in [3.05, 3.63) is 21.9 Å². The number of β-amino-alcohol motifs (C(OH)–C–C–N with tert-alkyl or cyclic N) is 1. The SMILES string of the molecule is Cc1sccc1C1CN(C(=O)OC(C)(C)C)CC1O. The van der Waals surface area contributed by atoms with Crippen molar-refractivity contribution in [1.29, 1.82) is 0 Å². The monoisotopic (exact) mass is 283 g/mol. The lowest BCUT2D eigenvalue weighted by atomic mass is 9.97. The Morgan fingerprint density at radius 3 is 2.68 bits per heavy atom. The average molecular weight is 283 g/mol. The van der Waals surface area contributed by atoms with Gasteiger partial charge in [-0.2, -0.15) is 0 Å². The Bertz CT molecular complexity index is 464. The first-order valence-corrected chi connectivity index (χ1v) is 7.36. The minimum atomic E-state index is -0.513. The van der Waals surface area contributed by atoms with E-state index in [-0.39, 0.29) is 12.0 Å². The summed E-state index contributed by atoms with van der Waals surface area (Å²) in [7, 11) is 0. The van der Waals surface area contributed by atoms with Gasteiger partial charge in [0.15, 0.2) is 0 Å². The van der Waals surface area contributed by atoms with Crippen LogP contribution < -0.4 is 0 Å². The molecule has 0 aromatic carbocycles. The molecule has 1 aliphatic rings. The number of carbonyl (C=O) groups excluding carboxylic acids is 1. The zero-order valence-corrected chi connectivity index (χ0v) is 12.7. The van der Waals surface area contributed by atoms with Gasteiger partial charge in [-0.15, -0.1) is 11.3 Å². The number of thiophene rings is 1. The summed E-state index contributed by atoms with van der Waals surface area (Å²) in [5, 5.41) is 12.2. The maximum atomic E-state index is 12.0. The highest BCUT2D eigenvalue weighted by Gasteiger charge is 2.37. The third kappa shape index (κ3) is 3.28. The van der Waals surface area contributed by atoms with Gasteiger partial charge >= 0.3 is 6.09 Å². The summed E-state index contributed by atoms with van der Waals surface area (Å²) in [6, 6.07) is 2.03. The molecule has 2 atom stereocenters. The Labute approximate surface area is 118 Å². The second kappa shape index (κ2) is 5.13. The van der Waals surface area contributed by atoms with E-state index in [9.17, 15) is 9.90 Å². The fourth-order valence-electron chi connectivity index (χ4n) is 2.35. The number of hydrogen-bond acceptors (Lipinski definition) is 4.